The van der Waals surface area contributed by atoms with Crippen molar-refractivity contribution in [1.29, 1.82) is 0 Å². The molecule has 0 fully saturated rings. The van der Waals surface area contributed by atoms with Gasteiger partial charge in [-0.1, -0.05) is 11.6 Å². The third kappa shape index (κ3) is 4.02. The number of aromatic nitrogens is 2. The molecule has 2 aromatic carbocycles. The fraction of sp³-hybridized carbons (Fsp3) is 0.111. The van der Waals surface area contributed by atoms with E-state index in [4.69, 9.17) is 16.7 Å². The van der Waals surface area contributed by atoms with Crippen LogP contribution < -0.4 is 10.5 Å². The summed E-state index contributed by atoms with van der Waals surface area (Å²) < 4.78 is 25.0. The Balaban J connectivity index is 1.82. The van der Waals surface area contributed by atoms with Gasteiger partial charge in [-0.25, -0.2) is 18.5 Å². The van der Waals surface area contributed by atoms with Crippen LogP contribution in [0.2, 0.25) is 5.02 Å². The molecule has 0 radical (unpaired) electrons. The zero-order valence-corrected chi connectivity index (χ0v) is 16.2. The van der Waals surface area contributed by atoms with E-state index in [0.29, 0.717) is 5.69 Å². The van der Waals surface area contributed by atoms with E-state index in [1.807, 2.05) is 30.5 Å². The van der Waals surface area contributed by atoms with Crippen LogP contribution in [0, 0.1) is 13.8 Å². The number of carbonyl (C=O) groups is 1. The van der Waals surface area contributed by atoms with Crippen molar-refractivity contribution in [3.8, 4) is 5.69 Å². The van der Waals surface area contributed by atoms with E-state index in [1.54, 1.807) is 18.5 Å². The van der Waals surface area contributed by atoms with Gasteiger partial charge in [0.25, 0.3) is 5.91 Å². The molecule has 1 amide bonds. The van der Waals surface area contributed by atoms with E-state index >= 15 is 0 Å². The molecular weight excluding hydrogens is 388 g/mol. The van der Waals surface area contributed by atoms with Crippen LogP contribution in [0.15, 0.2) is 53.7 Å². The molecule has 1 heterocycles. The molecule has 0 saturated heterocycles. The first-order valence-corrected chi connectivity index (χ1v) is 9.84. The van der Waals surface area contributed by atoms with E-state index in [0.717, 1.165) is 23.1 Å². The van der Waals surface area contributed by atoms with Gasteiger partial charge in [0.2, 0.25) is 10.0 Å². The standard InChI is InChI=1S/C18H17ClN4O3S/c1-11-12(2)23(10-21-11)15-6-4-14(5-7-15)22-18(24)13-3-8-16(19)17(9-13)27(20,25)26/h3-10H,1-2H3,(H,22,24)(H2,20,25,26). The maximum atomic E-state index is 12.4. The lowest BCUT2D eigenvalue weighted by Crippen LogP contribution is -2.16. The molecule has 0 bridgehead atoms. The highest BCUT2D eigenvalue weighted by Gasteiger charge is 2.16. The van der Waals surface area contributed by atoms with E-state index in [2.05, 4.69) is 10.3 Å². The lowest BCUT2D eigenvalue weighted by molar-refractivity contribution is 0.102. The van der Waals surface area contributed by atoms with Gasteiger partial charge in [-0.3, -0.25) is 4.79 Å². The predicted octanol–water partition coefficient (Wildman–Crippen LogP) is 3.04. The number of primary sulfonamides is 1. The zero-order chi connectivity index (χ0) is 19.8. The Morgan fingerprint density at radius 2 is 1.81 bits per heavy atom. The summed E-state index contributed by atoms with van der Waals surface area (Å²) in [6, 6.07) is 11.1. The molecule has 7 nitrogen and oxygen atoms in total. The topological polar surface area (TPSA) is 107 Å². The summed E-state index contributed by atoms with van der Waals surface area (Å²) in [4.78, 5) is 16.4. The van der Waals surface area contributed by atoms with Crippen LogP contribution in [0.4, 0.5) is 5.69 Å². The molecule has 0 aliphatic carbocycles. The molecule has 3 N–H and O–H groups in total. The molecule has 0 unspecified atom stereocenters. The Kier molecular flexibility index (Phi) is 5.05. The first kappa shape index (κ1) is 19.1. The number of nitrogens with two attached hydrogens (primary N) is 1. The van der Waals surface area contributed by atoms with E-state index in [1.165, 1.54) is 12.1 Å². The number of hydrogen-bond acceptors (Lipinski definition) is 4. The van der Waals surface area contributed by atoms with Crippen LogP contribution >= 0.6 is 11.6 Å². The number of benzene rings is 2. The molecule has 1 aromatic heterocycles. The number of hydrogen-bond donors (Lipinski definition) is 2. The van der Waals surface area contributed by atoms with Gasteiger partial charge in [0.05, 0.1) is 17.0 Å². The average Bonchev–Trinajstić information content (AvgIpc) is 2.94. The van der Waals surface area contributed by atoms with E-state index in [9.17, 15) is 13.2 Å². The largest absolute Gasteiger partial charge is 0.322 e. The molecule has 0 aliphatic heterocycles. The number of carbonyl (C=O) groups excluding carboxylic acids is 1. The van der Waals surface area contributed by atoms with Crippen molar-refractivity contribution in [1.82, 2.24) is 9.55 Å². The van der Waals surface area contributed by atoms with Crippen LogP contribution in [0.5, 0.6) is 0 Å². The van der Waals surface area contributed by atoms with Gasteiger partial charge in [0, 0.05) is 22.6 Å². The van der Waals surface area contributed by atoms with Crippen molar-refractivity contribution in [3.05, 3.63) is 70.8 Å². The molecule has 3 rings (SSSR count). The number of amides is 1. The Hall–Kier alpha value is -2.68. The van der Waals surface area contributed by atoms with Gasteiger partial charge in [-0.15, -0.1) is 0 Å². The molecule has 0 saturated carbocycles. The number of nitrogens with one attached hydrogen (secondary N) is 1. The normalized spacial score (nSPS) is 11.4. The molecule has 27 heavy (non-hydrogen) atoms. The maximum absolute atomic E-state index is 12.4. The summed E-state index contributed by atoms with van der Waals surface area (Å²) in [5, 5.41) is 7.79. The van der Waals surface area contributed by atoms with Crippen LogP contribution in [0.3, 0.4) is 0 Å². The van der Waals surface area contributed by atoms with Gasteiger partial charge in [-0.2, -0.15) is 0 Å². The number of halogens is 1. The summed E-state index contributed by atoms with van der Waals surface area (Å²) in [6.07, 6.45) is 1.74. The fourth-order valence-electron chi connectivity index (χ4n) is 2.53. The van der Waals surface area contributed by atoms with Crippen molar-refractivity contribution < 1.29 is 13.2 Å². The number of anilines is 1. The van der Waals surface area contributed by atoms with Crippen LogP contribution in [0.25, 0.3) is 5.69 Å². The fourth-order valence-corrected chi connectivity index (χ4v) is 3.60. The average molecular weight is 405 g/mol. The Labute approximate surface area is 161 Å². The minimum absolute atomic E-state index is 0.0376. The predicted molar refractivity (Wildman–Crippen MR) is 104 cm³/mol. The molecule has 3 aromatic rings. The highest BCUT2D eigenvalue weighted by molar-refractivity contribution is 7.89. The minimum Gasteiger partial charge on any atom is -0.322 e. The van der Waals surface area contributed by atoms with Crippen LogP contribution in [-0.2, 0) is 10.0 Å². The smallest absolute Gasteiger partial charge is 0.255 e. The van der Waals surface area contributed by atoms with Crippen molar-refractivity contribution in [2.24, 2.45) is 5.14 Å². The zero-order valence-electron chi connectivity index (χ0n) is 14.6. The van der Waals surface area contributed by atoms with Gasteiger partial charge in [0.1, 0.15) is 4.90 Å². The quantitative estimate of drug-likeness (QED) is 0.696. The second kappa shape index (κ2) is 7.15. The summed E-state index contributed by atoms with van der Waals surface area (Å²) in [6.45, 7) is 3.91. The first-order chi connectivity index (χ1) is 12.7. The Morgan fingerprint density at radius 1 is 1.15 bits per heavy atom. The third-order valence-corrected chi connectivity index (χ3v) is 5.55. The molecule has 9 heteroatoms. The lowest BCUT2D eigenvalue weighted by atomic mass is 10.2. The second-order valence-corrected chi connectivity index (χ2v) is 7.91. The van der Waals surface area contributed by atoms with Crippen LogP contribution in [0.1, 0.15) is 21.7 Å². The first-order valence-electron chi connectivity index (χ1n) is 7.91. The molecule has 0 atom stereocenters. The number of nitrogens with zero attached hydrogens (tertiary/aromatic N) is 2. The third-order valence-electron chi connectivity index (χ3n) is 4.16. The summed E-state index contributed by atoms with van der Waals surface area (Å²) in [7, 11) is -4.02. The van der Waals surface area contributed by atoms with Crippen molar-refractivity contribution in [2.75, 3.05) is 5.32 Å². The molecule has 0 aliphatic rings. The number of sulfonamides is 1. The second-order valence-electron chi connectivity index (χ2n) is 5.98. The SMILES string of the molecule is Cc1ncn(-c2ccc(NC(=O)c3ccc(Cl)c(S(N)(=O)=O)c3)cc2)c1C. The highest BCUT2D eigenvalue weighted by Crippen LogP contribution is 2.22. The van der Waals surface area contributed by atoms with Gasteiger partial charge in [-0.05, 0) is 56.3 Å². The summed E-state index contributed by atoms with van der Waals surface area (Å²) >= 11 is 5.84. The molecule has 140 valence electrons. The Morgan fingerprint density at radius 3 is 2.37 bits per heavy atom. The summed E-state index contributed by atoms with van der Waals surface area (Å²) in [5.41, 5.74) is 3.58. The van der Waals surface area contributed by atoms with Crippen molar-refractivity contribution in [2.45, 2.75) is 18.7 Å². The maximum Gasteiger partial charge on any atom is 0.255 e. The van der Waals surface area contributed by atoms with Gasteiger partial charge >= 0.3 is 0 Å². The van der Waals surface area contributed by atoms with E-state index < -0.39 is 15.9 Å². The lowest BCUT2D eigenvalue weighted by Gasteiger charge is -2.09. The minimum atomic E-state index is -4.02. The van der Waals surface area contributed by atoms with Crippen LogP contribution in [-0.4, -0.2) is 23.9 Å². The highest BCUT2D eigenvalue weighted by atomic mass is 35.5. The summed E-state index contributed by atoms with van der Waals surface area (Å²) in [5.74, 6) is -0.473. The Bertz CT molecular complexity index is 1120. The van der Waals surface area contributed by atoms with Gasteiger partial charge < -0.3 is 9.88 Å². The molecular formula is C18H17ClN4O3S. The van der Waals surface area contributed by atoms with E-state index in [-0.39, 0.29) is 15.5 Å². The monoisotopic (exact) mass is 404 g/mol. The number of rotatable bonds is 4. The van der Waals surface area contributed by atoms with Crippen molar-refractivity contribution >= 4 is 33.2 Å². The molecule has 0 spiro atoms. The number of imidazole rings is 1. The van der Waals surface area contributed by atoms with Crippen molar-refractivity contribution in [3.63, 3.8) is 0 Å². The number of aryl methyl sites for hydroxylation is 1. The van der Waals surface area contributed by atoms with Gasteiger partial charge in [0.15, 0.2) is 0 Å².